The number of hydrogen-bond donors (Lipinski definition) is 0. The van der Waals surface area contributed by atoms with E-state index >= 15 is 0 Å². The number of carbonyl (C=O) groups excluding carboxylic acids is 1. The molecule has 0 amide bonds. The molecule has 0 bridgehead atoms. The van der Waals surface area contributed by atoms with E-state index in [4.69, 9.17) is 0 Å². The first kappa shape index (κ1) is 13.5. The monoisotopic (exact) mass is 227 g/mol. The molecule has 0 fully saturated rings. The van der Waals surface area contributed by atoms with Crippen molar-refractivity contribution in [3.05, 3.63) is 0 Å². The van der Waals surface area contributed by atoms with Gasteiger partial charge in [-0.25, -0.2) is 4.79 Å². The molecule has 88 valence electrons. The normalized spacial score (nSPS) is 10.6. The lowest BCUT2D eigenvalue weighted by Crippen LogP contribution is -2.36. The second-order valence-corrected chi connectivity index (χ2v) is 3.06. The minimum Gasteiger partial charge on any atom is -0.346 e. The number of carbonyl (C=O) groups is 1. The van der Waals surface area contributed by atoms with E-state index in [1.807, 2.05) is 0 Å². The smallest absolute Gasteiger partial charge is 0.346 e. The second-order valence-electron chi connectivity index (χ2n) is 3.06. The molecular formula is C7H12F3N3O2. The summed E-state index contributed by atoms with van der Waals surface area (Å²) in [5.41, 5.74) is 0. The van der Waals surface area contributed by atoms with Gasteiger partial charge in [0.2, 0.25) is 5.96 Å². The summed E-state index contributed by atoms with van der Waals surface area (Å²) in [5.74, 6) is -2.25. The summed E-state index contributed by atoms with van der Waals surface area (Å²) in [6.07, 6.45) is -5.03. The van der Waals surface area contributed by atoms with Crippen molar-refractivity contribution >= 4 is 11.9 Å². The van der Waals surface area contributed by atoms with Gasteiger partial charge < -0.3 is 14.6 Å². The van der Waals surface area contributed by atoms with Crippen LogP contribution >= 0.6 is 0 Å². The third-order valence-corrected chi connectivity index (χ3v) is 1.24. The zero-order chi connectivity index (χ0) is 12.2. The summed E-state index contributed by atoms with van der Waals surface area (Å²) in [6.45, 7) is 0. The molecule has 0 atom stereocenters. The van der Waals surface area contributed by atoms with Crippen molar-refractivity contribution in [1.82, 2.24) is 9.80 Å². The molecule has 5 nitrogen and oxygen atoms in total. The molecular weight excluding hydrogens is 215 g/mol. The highest BCUT2D eigenvalue weighted by Crippen LogP contribution is 2.16. The number of halogens is 3. The van der Waals surface area contributed by atoms with E-state index in [2.05, 4.69) is 9.99 Å². The number of rotatable bonds is 1. The van der Waals surface area contributed by atoms with Gasteiger partial charge in [0.05, 0.1) is 0 Å². The topological polar surface area (TPSA) is 45.1 Å². The largest absolute Gasteiger partial charge is 0.493 e. The maximum atomic E-state index is 11.7. The SMILES string of the molecule is CN(C)C(=NOC(=O)C(F)(F)F)N(C)C. The van der Waals surface area contributed by atoms with Gasteiger partial charge in [-0.15, -0.1) is 0 Å². The van der Waals surface area contributed by atoms with Crippen LogP contribution < -0.4 is 0 Å². The summed E-state index contributed by atoms with van der Waals surface area (Å²) in [6, 6.07) is 0. The van der Waals surface area contributed by atoms with Crippen molar-refractivity contribution in [2.45, 2.75) is 6.18 Å². The van der Waals surface area contributed by atoms with Crippen LogP contribution in [0.4, 0.5) is 13.2 Å². The van der Waals surface area contributed by atoms with Gasteiger partial charge in [-0.3, -0.25) is 0 Å². The number of guanidine groups is 1. The third-order valence-electron chi connectivity index (χ3n) is 1.24. The van der Waals surface area contributed by atoms with Crippen molar-refractivity contribution in [2.75, 3.05) is 28.2 Å². The maximum absolute atomic E-state index is 11.7. The summed E-state index contributed by atoms with van der Waals surface area (Å²) in [5, 5.41) is 3.09. The van der Waals surface area contributed by atoms with Crippen molar-refractivity contribution in [3.63, 3.8) is 0 Å². The van der Waals surface area contributed by atoms with Gasteiger partial charge in [0.15, 0.2) is 0 Å². The first-order chi connectivity index (χ1) is 6.66. The fourth-order valence-corrected chi connectivity index (χ4v) is 0.697. The highest BCUT2D eigenvalue weighted by atomic mass is 19.4. The maximum Gasteiger partial charge on any atom is 0.493 e. The summed E-state index contributed by atoms with van der Waals surface area (Å²) in [7, 11) is 6.22. The summed E-state index contributed by atoms with van der Waals surface area (Å²) in [4.78, 5) is 16.9. The first-order valence-electron chi connectivity index (χ1n) is 3.87. The molecule has 0 radical (unpaired) electrons. The molecule has 0 aliphatic rings. The number of alkyl halides is 3. The van der Waals surface area contributed by atoms with Gasteiger partial charge in [-0.1, -0.05) is 0 Å². The Morgan fingerprint density at radius 2 is 1.53 bits per heavy atom. The highest BCUT2D eigenvalue weighted by Gasteiger charge is 2.41. The highest BCUT2D eigenvalue weighted by molar-refractivity contribution is 5.81. The van der Waals surface area contributed by atoms with Crippen LogP contribution in [-0.4, -0.2) is 56.1 Å². The lowest BCUT2D eigenvalue weighted by Gasteiger charge is -2.21. The van der Waals surface area contributed by atoms with Crippen LogP contribution in [0.15, 0.2) is 5.16 Å². The molecule has 0 aliphatic carbocycles. The Hall–Kier alpha value is -1.47. The molecule has 0 heterocycles. The van der Waals surface area contributed by atoms with Gasteiger partial charge in [0.25, 0.3) is 0 Å². The van der Waals surface area contributed by atoms with Gasteiger partial charge in [0.1, 0.15) is 0 Å². The summed E-state index contributed by atoms with van der Waals surface area (Å²) < 4.78 is 35.2. The second kappa shape index (κ2) is 4.85. The Labute approximate surface area is 85.1 Å². The Morgan fingerprint density at radius 1 is 1.13 bits per heavy atom. The summed E-state index contributed by atoms with van der Waals surface area (Å²) >= 11 is 0. The molecule has 0 saturated carbocycles. The van der Waals surface area contributed by atoms with E-state index in [1.54, 1.807) is 28.2 Å². The lowest BCUT2D eigenvalue weighted by atomic mass is 10.7. The van der Waals surface area contributed by atoms with Crippen molar-refractivity contribution in [3.8, 4) is 0 Å². The average Bonchev–Trinajstić information content (AvgIpc) is 2.00. The van der Waals surface area contributed by atoms with Gasteiger partial charge in [-0.05, 0) is 5.16 Å². The molecule has 0 N–H and O–H groups in total. The predicted molar refractivity (Wildman–Crippen MR) is 47.0 cm³/mol. The first-order valence-corrected chi connectivity index (χ1v) is 3.87. The van der Waals surface area contributed by atoms with Crippen molar-refractivity contribution in [1.29, 1.82) is 0 Å². The van der Waals surface area contributed by atoms with Crippen LogP contribution in [0.25, 0.3) is 0 Å². The molecule has 0 aromatic rings. The molecule has 15 heavy (non-hydrogen) atoms. The molecule has 0 aromatic carbocycles. The minimum absolute atomic E-state index is 0.0904. The number of oxime groups is 1. The van der Waals surface area contributed by atoms with Crippen molar-refractivity contribution in [2.24, 2.45) is 5.16 Å². The van der Waals surface area contributed by atoms with Crippen molar-refractivity contribution < 1.29 is 22.8 Å². The van der Waals surface area contributed by atoms with Gasteiger partial charge >= 0.3 is 12.1 Å². The average molecular weight is 227 g/mol. The molecule has 0 rings (SSSR count). The fraction of sp³-hybridized carbons (Fsp3) is 0.714. The van der Waals surface area contributed by atoms with E-state index < -0.39 is 12.1 Å². The predicted octanol–water partition coefficient (Wildman–Crippen LogP) is 0.486. The molecule has 0 saturated heterocycles. The Morgan fingerprint density at radius 3 is 1.80 bits per heavy atom. The van der Waals surface area contributed by atoms with E-state index in [0.717, 1.165) is 0 Å². The van der Waals surface area contributed by atoms with E-state index in [1.165, 1.54) is 9.80 Å². The number of nitrogens with zero attached hydrogens (tertiary/aromatic N) is 3. The van der Waals surface area contributed by atoms with Crippen LogP contribution in [0.2, 0.25) is 0 Å². The van der Waals surface area contributed by atoms with Gasteiger partial charge in [-0.2, -0.15) is 13.2 Å². The zero-order valence-electron chi connectivity index (χ0n) is 8.79. The molecule has 8 heteroatoms. The van der Waals surface area contributed by atoms with E-state index in [-0.39, 0.29) is 5.96 Å². The molecule has 0 unspecified atom stereocenters. The standard InChI is InChI=1S/C7H12F3N3O2/c1-12(2)6(13(3)4)11-15-5(14)7(8,9)10/h1-4H3. The van der Waals surface area contributed by atoms with E-state index in [9.17, 15) is 18.0 Å². The van der Waals surface area contributed by atoms with Crippen LogP contribution in [-0.2, 0) is 9.63 Å². The lowest BCUT2D eigenvalue weighted by molar-refractivity contribution is -0.199. The number of hydrogen-bond acceptors (Lipinski definition) is 3. The van der Waals surface area contributed by atoms with Crippen LogP contribution in [0.1, 0.15) is 0 Å². The van der Waals surface area contributed by atoms with Gasteiger partial charge in [0, 0.05) is 28.2 Å². The van der Waals surface area contributed by atoms with Crippen LogP contribution in [0, 0.1) is 0 Å². The molecule has 0 aliphatic heterocycles. The molecule has 0 spiro atoms. The Bertz CT molecular complexity index is 251. The van der Waals surface area contributed by atoms with E-state index in [0.29, 0.717) is 0 Å². The minimum atomic E-state index is -5.03. The fourth-order valence-electron chi connectivity index (χ4n) is 0.697. The zero-order valence-corrected chi connectivity index (χ0v) is 8.79. The quantitative estimate of drug-likeness (QED) is 0.283. The Balaban J connectivity index is 4.55. The Kier molecular flexibility index (Phi) is 4.38. The molecule has 0 aromatic heterocycles. The van der Waals surface area contributed by atoms with Crippen LogP contribution in [0.3, 0.4) is 0 Å². The van der Waals surface area contributed by atoms with Crippen LogP contribution in [0.5, 0.6) is 0 Å². The third kappa shape index (κ3) is 4.52.